The van der Waals surface area contributed by atoms with E-state index in [1.807, 2.05) is 26.6 Å². The minimum atomic E-state index is -0.697. The second-order valence-electron chi connectivity index (χ2n) is 6.40. The first-order chi connectivity index (χ1) is 11.7. The van der Waals surface area contributed by atoms with Gasteiger partial charge in [0.05, 0.1) is 5.56 Å². The maximum absolute atomic E-state index is 13.0. The van der Waals surface area contributed by atoms with Gasteiger partial charge >= 0.3 is 0 Å². The number of carbonyl (C=O) groups is 2. The van der Waals surface area contributed by atoms with Crippen LogP contribution in [-0.2, 0) is 9.53 Å². The number of piperidine rings is 1. The van der Waals surface area contributed by atoms with Gasteiger partial charge in [0.25, 0.3) is 11.8 Å². The van der Waals surface area contributed by atoms with E-state index in [9.17, 15) is 9.59 Å². The summed E-state index contributed by atoms with van der Waals surface area (Å²) in [4.78, 5) is 29.3. The molecule has 2 aliphatic heterocycles. The average Bonchev–Trinajstić information content (AvgIpc) is 3.06. The molecule has 0 bridgehead atoms. The molecule has 7 heteroatoms. The Morgan fingerprint density at radius 1 is 1.17 bits per heavy atom. The Kier molecular flexibility index (Phi) is 5.53. The van der Waals surface area contributed by atoms with Crippen molar-refractivity contribution in [2.24, 2.45) is 0 Å². The fourth-order valence-electron chi connectivity index (χ4n) is 3.52. The monoisotopic (exact) mass is 351 g/mol. The van der Waals surface area contributed by atoms with Crippen LogP contribution in [0.25, 0.3) is 0 Å². The zero-order chi connectivity index (χ0) is 17.0. The molecule has 1 aromatic rings. The zero-order valence-corrected chi connectivity index (χ0v) is 14.9. The molecule has 2 aliphatic rings. The van der Waals surface area contributed by atoms with Gasteiger partial charge in [0.2, 0.25) is 0 Å². The zero-order valence-electron chi connectivity index (χ0n) is 14.1. The molecular weight excluding hydrogens is 326 g/mol. The molecule has 0 aliphatic carbocycles. The molecular formula is C17H25N3O3S. The average molecular weight is 351 g/mol. The lowest BCUT2D eigenvalue weighted by Crippen LogP contribution is -2.56. The van der Waals surface area contributed by atoms with Gasteiger partial charge in [-0.15, -0.1) is 0 Å². The molecule has 3 rings (SSSR count). The predicted octanol–water partition coefficient (Wildman–Crippen LogP) is 1.19. The van der Waals surface area contributed by atoms with Gasteiger partial charge in [-0.2, -0.15) is 11.3 Å². The minimum Gasteiger partial charge on any atom is -0.368 e. The summed E-state index contributed by atoms with van der Waals surface area (Å²) in [6.45, 7) is 4.14. The van der Waals surface area contributed by atoms with Crippen LogP contribution in [0.5, 0.6) is 0 Å². The van der Waals surface area contributed by atoms with E-state index in [-0.39, 0.29) is 11.8 Å². The highest BCUT2D eigenvalue weighted by molar-refractivity contribution is 7.08. The van der Waals surface area contributed by atoms with Crippen LogP contribution >= 0.6 is 11.3 Å². The van der Waals surface area contributed by atoms with Gasteiger partial charge in [-0.3, -0.25) is 9.59 Å². The van der Waals surface area contributed by atoms with Crippen LogP contribution in [0.4, 0.5) is 0 Å². The Morgan fingerprint density at radius 3 is 2.54 bits per heavy atom. The van der Waals surface area contributed by atoms with E-state index >= 15 is 0 Å². The molecule has 24 heavy (non-hydrogen) atoms. The largest absolute Gasteiger partial charge is 0.368 e. The summed E-state index contributed by atoms with van der Waals surface area (Å²) in [5, 5.41) is 7.08. The molecule has 3 heterocycles. The smallest absolute Gasteiger partial charge is 0.254 e. The summed E-state index contributed by atoms with van der Waals surface area (Å²) in [5.41, 5.74) is 0.0455. The third-order valence-electron chi connectivity index (χ3n) is 5.03. The van der Waals surface area contributed by atoms with E-state index in [0.717, 1.165) is 25.1 Å². The fourth-order valence-corrected chi connectivity index (χ4v) is 4.15. The van der Waals surface area contributed by atoms with Crippen LogP contribution in [0.1, 0.15) is 29.6 Å². The Hall–Kier alpha value is -1.44. The van der Waals surface area contributed by atoms with Crippen LogP contribution in [-0.4, -0.2) is 73.6 Å². The number of methoxy groups -OCH3 is 1. The summed E-state index contributed by atoms with van der Waals surface area (Å²) in [6.07, 6.45) is 2.21. The number of amides is 2. The number of nitrogens with zero attached hydrogens (tertiary/aromatic N) is 2. The third kappa shape index (κ3) is 3.48. The van der Waals surface area contributed by atoms with Crippen molar-refractivity contribution in [1.82, 2.24) is 15.1 Å². The second-order valence-corrected chi connectivity index (χ2v) is 7.18. The Bertz CT molecular complexity index is 570. The lowest BCUT2D eigenvalue weighted by molar-refractivity contribution is -0.158. The highest BCUT2D eigenvalue weighted by atomic mass is 32.1. The normalized spacial score (nSPS) is 21.4. The van der Waals surface area contributed by atoms with Crippen molar-refractivity contribution in [3.63, 3.8) is 0 Å². The lowest BCUT2D eigenvalue weighted by Gasteiger charge is -2.38. The number of thiophene rings is 1. The molecule has 2 saturated heterocycles. The number of ether oxygens (including phenoxy) is 1. The molecule has 1 N–H and O–H groups in total. The Labute approximate surface area is 146 Å². The predicted molar refractivity (Wildman–Crippen MR) is 93.3 cm³/mol. The van der Waals surface area contributed by atoms with Gasteiger partial charge < -0.3 is 19.9 Å². The number of hydrogen-bond donors (Lipinski definition) is 1. The van der Waals surface area contributed by atoms with Crippen molar-refractivity contribution in [2.45, 2.75) is 24.9 Å². The van der Waals surface area contributed by atoms with Gasteiger partial charge in [0.1, 0.15) is 5.60 Å². The van der Waals surface area contributed by atoms with Gasteiger partial charge in [0.15, 0.2) is 0 Å². The maximum Gasteiger partial charge on any atom is 0.254 e. The molecule has 1 aromatic heterocycles. The summed E-state index contributed by atoms with van der Waals surface area (Å²) in [5.74, 6) is 0.144. The standard InChI is InChI=1S/C17H25N3O3S/c1-23-17(4-6-18-7-5-17)16(22)20-9-2-8-19(10-11-20)15(21)14-3-12-24-13-14/h3,12-13,18H,2,4-11H2,1H3. The van der Waals surface area contributed by atoms with Crippen LogP contribution in [0.3, 0.4) is 0 Å². The van der Waals surface area contributed by atoms with Crippen LogP contribution in [0.2, 0.25) is 0 Å². The molecule has 0 aromatic carbocycles. The Morgan fingerprint density at radius 2 is 1.88 bits per heavy atom. The van der Waals surface area contributed by atoms with Crippen molar-refractivity contribution >= 4 is 23.2 Å². The first-order valence-electron chi connectivity index (χ1n) is 8.53. The van der Waals surface area contributed by atoms with Crippen molar-refractivity contribution in [3.8, 4) is 0 Å². The van der Waals surface area contributed by atoms with Crippen molar-refractivity contribution in [2.75, 3.05) is 46.4 Å². The molecule has 132 valence electrons. The highest BCUT2D eigenvalue weighted by Gasteiger charge is 2.42. The number of nitrogens with one attached hydrogen (secondary N) is 1. The van der Waals surface area contributed by atoms with E-state index < -0.39 is 5.60 Å². The van der Waals surface area contributed by atoms with Crippen LogP contribution in [0, 0.1) is 0 Å². The molecule has 6 nitrogen and oxygen atoms in total. The van der Waals surface area contributed by atoms with Crippen molar-refractivity contribution in [1.29, 1.82) is 0 Å². The van der Waals surface area contributed by atoms with Crippen LogP contribution < -0.4 is 5.32 Å². The molecule has 0 radical (unpaired) electrons. The quantitative estimate of drug-likeness (QED) is 0.889. The van der Waals surface area contributed by atoms with Crippen molar-refractivity contribution in [3.05, 3.63) is 22.4 Å². The SMILES string of the molecule is COC1(C(=O)N2CCCN(C(=O)c3ccsc3)CC2)CCNCC1. The van der Waals surface area contributed by atoms with Crippen LogP contribution in [0.15, 0.2) is 16.8 Å². The van der Waals surface area contributed by atoms with E-state index in [0.29, 0.717) is 39.0 Å². The number of hydrogen-bond acceptors (Lipinski definition) is 5. The maximum atomic E-state index is 13.0. The summed E-state index contributed by atoms with van der Waals surface area (Å²) in [6, 6.07) is 1.86. The van der Waals surface area contributed by atoms with Gasteiger partial charge in [0, 0.05) is 38.7 Å². The summed E-state index contributed by atoms with van der Waals surface area (Å²) >= 11 is 1.53. The molecule has 0 spiro atoms. The first kappa shape index (κ1) is 17.4. The fraction of sp³-hybridized carbons (Fsp3) is 0.647. The van der Waals surface area contributed by atoms with E-state index in [2.05, 4.69) is 5.32 Å². The van der Waals surface area contributed by atoms with Gasteiger partial charge in [-0.05, 0) is 43.8 Å². The Balaban J connectivity index is 1.64. The molecule has 2 fully saturated rings. The lowest BCUT2D eigenvalue weighted by atomic mass is 9.90. The highest BCUT2D eigenvalue weighted by Crippen LogP contribution is 2.26. The second kappa shape index (κ2) is 7.63. The summed E-state index contributed by atoms with van der Waals surface area (Å²) in [7, 11) is 1.63. The minimum absolute atomic E-state index is 0.0638. The number of rotatable bonds is 3. The van der Waals surface area contributed by atoms with E-state index in [1.54, 1.807) is 7.11 Å². The first-order valence-corrected chi connectivity index (χ1v) is 9.47. The third-order valence-corrected chi connectivity index (χ3v) is 5.71. The molecule has 0 atom stereocenters. The van der Waals surface area contributed by atoms with Gasteiger partial charge in [-0.1, -0.05) is 0 Å². The molecule has 0 unspecified atom stereocenters. The molecule has 2 amide bonds. The number of carbonyl (C=O) groups excluding carboxylic acids is 2. The molecule has 0 saturated carbocycles. The van der Waals surface area contributed by atoms with E-state index in [1.165, 1.54) is 11.3 Å². The van der Waals surface area contributed by atoms with Crippen molar-refractivity contribution < 1.29 is 14.3 Å². The topological polar surface area (TPSA) is 61.9 Å². The van der Waals surface area contributed by atoms with Gasteiger partial charge in [-0.25, -0.2) is 0 Å². The summed E-state index contributed by atoms with van der Waals surface area (Å²) < 4.78 is 5.66. The van der Waals surface area contributed by atoms with E-state index in [4.69, 9.17) is 4.74 Å².